The zero-order valence-electron chi connectivity index (χ0n) is 8.12. The highest BCUT2D eigenvalue weighted by Gasteiger charge is 2.25. The molecule has 0 aliphatic heterocycles. The number of aliphatic hydroxyl groups is 1. The van der Waals surface area contributed by atoms with E-state index in [-0.39, 0.29) is 6.10 Å². The van der Waals surface area contributed by atoms with Crippen molar-refractivity contribution in [3.63, 3.8) is 0 Å². The maximum absolute atomic E-state index is 9.31. The lowest BCUT2D eigenvalue weighted by molar-refractivity contribution is 0.0106. The fourth-order valence-corrected chi connectivity index (χ4v) is 2.17. The predicted octanol–water partition coefficient (Wildman–Crippen LogP) is 1.96. The van der Waals surface area contributed by atoms with E-state index >= 15 is 0 Å². The molecular weight excluding hydrogens is 152 g/mol. The minimum absolute atomic E-state index is 0.0457. The molecule has 1 atom stereocenters. The molecule has 1 rings (SSSR count). The van der Waals surface area contributed by atoms with Gasteiger partial charge in [-0.05, 0) is 38.0 Å². The Morgan fingerprint density at radius 3 is 2.33 bits per heavy atom. The summed E-state index contributed by atoms with van der Waals surface area (Å²) in [6, 6.07) is 0. The Bertz CT molecular complexity index is 113. The van der Waals surface area contributed by atoms with Gasteiger partial charge in [0.15, 0.2) is 0 Å². The normalized spacial score (nSPS) is 33.2. The van der Waals surface area contributed by atoms with Gasteiger partial charge in [-0.3, -0.25) is 0 Å². The molecule has 2 heteroatoms. The quantitative estimate of drug-likeness (QED) is 0.705. The second kappa shape index (κ2) is 4.83. The van der Waals surface area contributed by atoms with E-state index in [1.54, 1.807) is 7.11 Å². The standard InChI is InChI=1S/C10H20O2/c1-3-10(12-2)8-4-6-9(11)7-5-8/h8-11H,3-7H2,1-2H3. The summed E-state index contributed by atoms with van der Waals surface area (Å²) in [5.41, 5.74) is 0. The summed E-state index contributed by atoms with van der Waals surface area (Å²) in [6.07, 6.45) is 5.65. The summed E-state index contributed by atoms with van der Waals surface area (Å²) < 4.78 is 5.39. The molecule has 0 saturated heterocycles. The fourth-order valence-electron chi connectivity index (χ4n) is 2.17. The minimum atomic E-state index is -0.0457. The number of aliphatic hydroxyl groups excluding tert-OH is 1. The van der Waals surface area contributed by atoms with Gasteiger partial charge >= 0.3 is 0 Å². The zero-order valence-corrected chi connectivity index (χ0v) is 8.12. The van der Waals surface area contributed by atoms with E-state index in [1.165, 1.54) is 0 Å². The lowest BCUT2D eigenvalue weighted by Gasteiger charge is -2.30. The maximum Gasteiger partial charge on any atom is 0.0596 e. The van der Waals surface area contributed by atoms with Crippen LogP contribution in [0.1, 0.15) is 39.0 Å². The Morgan fingerprint density at radius 1 is 1.33 bits per heavy atom. The van der Waals surface area contributed by atoms with Gasteiger partial charge in [0.25, 0.3) is 0 Å². The second-order valence-electron chi connectivity index (χ2n) is 3.75. The second-order valence-corrected chi connectivity index (χ2v) is 3.75. The molecule has 0 spiro atoms. The van der Waals surface area contributed by atoms with Crippen LogP contribution < -0.4 is 0 Å². The van der Waals surface area contributed by atoms with Crippen LogP contribution >= 0.6 is 0 Å². The molecule has 12 heavy (non-hydrogen) atoms. The summed E-state index contributed by atoms with van der Waals surface area (Å²) in [5.74, 6) is 0.684. The first kappa shape index (κ1) is 10.0. The third kappa shape index (κ3) is 2.46. The summed E-state index contributed by atoms with van der Waals surface area (Å²) in [5, 5.41) is 9.31. The van der Waals surface area contributed by atoms with Crippen LogP contribution in [0.4, 0.5) is 0 Å². The average molecular weight is 172 g/mol. The van der Waals surface area contributed by atoms with Crippen molar-refractivity contribution in [3.05, 3.63) is 0 Å². The van der Waals surface area contributed by atoms with Crippen LogP contribution in [0.2, 0.25) is 0 Å². The van der Waals surface area contributed by atoms with Gasteiger partial charge in [0, 0.05) is 7.11 Å². The van der Waals surface area contributed by atoms with Gasteiger partial charge in [-0.15, -0.1) is 0 Å². The summed E-state index contributed by atoms with van der Waals surface area (Å²) >= 11 is 0. The van der Waals surface area contributed by atoms with E-state index in [2.05, 4.69) is 6.92 Å². The molecular formula is C10H20O2. The molecule has 1 aliphatic rings. The van der Waals surface area contributed by atoms with Crippen molar-refractivity contribution < 1.29 is 9.84 Å². The van der Waals surface area contributed by atoms with Gasteiger partial charge in [0.2, 0.25) is 0 Å². The molecule has 1 saturated carbocycles. The third-order valence-corrected chi connectivity index (χ3v) is 2.97. The monoisotopic (exact) mass is 172 g/mol. The highest BCUT2D eigenvalue weighted by molar-refractivity contribution is 4.76. The average Bonchev–Trinajstić information content (AvgIpc) is 2.10. The first-order valence-corrected chi connectivity index (χ1v) is 4.98. The molecule has 0 aromatic heterocycles. The van der Waals surface area contributed by atoms with Crippen LogP contribution in [0.5, 0.6) is 0 Å². The Balaban J connectivity index is 2.32. The lowest BCUT2D eigenvalue weighted by Crippen LogP contribution is -2.28. The van der Waals surface area contributed by atoms with Crippen molar-refractivity contribution in [1.29, 1.82) is 0 Å². The van der Waals surface area contributed by atoms with E-state index in [0.29, 0.717) is 12.0 Å². The largest absolute Gasteiger partial charge is 0.393 e. The molecule has 1 unspecified atom stereocenters. The van der Waals surface area contributed by atoms with Crippen molar-refractivity contribution in [1.82, 2.24) is 0 Å². The van der Waals surface area contributed by atoms with Gasteiger partial charge < -0.3 is 9.84 Å². The number of methoxy groups -OCH3 is 1. The van der Waals surface area contributed by atoms with Gasteiger partial charge in [-0.1, -0.05) is 6.92 Å². The summed E-state index contributed by atoms with van der Waals surface area (Å²) in [7, 11) is 1.79. The van der Waals surface area contributed by atoms with Crippen LogP contribution in [-0.2, 0) is 4.74 Å². The van der Waals surface area contributed by atoms with Crippen LogP contribution in [0, 0.1) is 5.92 Å². The molecule has 1 N–H and O–H groups in total. The third-order valence-electron chi connectivity index (χ3n) is 2.97. The molecule has 0 bridgehead atoms. The molecule has 0 amide bonds. The van der Waals surface area contributed by atoms with Gasteiger partial charge in [0.1, 0.15) is 0 Å². The lowest BCUT2D eigenvalue weighted by atomic mass is 9.83. The van der Waals surface area contributed by atoms with Crippen molar-refractivity contribution in [2.45, 2.75) is 51.2 Å². The Hall–Kier alpha value is -0.0800. The maximum atomic E-state index is 9.31. The van der Waals surface area contributed by atoms with Crippen molar-refractivity contribution in [2.24, 2.45) is 5.92 Å². The zero-order chi connectivity index (χ0) is 8.97. The Kier molecular flexibility index (Phi) is 4.02. The Morgan fingerprint density at radius 2 is 1.92 bits per heavy atom. The van der Waals surface area contributed by atoms with Crippen molar-refractivity contribution in [3.8, 4) is 0 Å². The minimum Gasteiger partial charge on any atom is -0.393 e. The molecule has 0 heterocycles. The van der Waals surface area contributed by atoms with Crippen LogP contribution in [0.15, 0.2) is 0 Å². The molecule has 2 nitrogen and oxygen atoms in total. The molecule has 0 aromatic carbocycles. The summed E-state index contributed by atoms with van der Waals surface area (Å²) in [6.45, 7) is 2.17. The van der Waals surface area contributed by atoms with E-state index < -0.39 is 0 Å². The summed E-state index contributed by atoms with van der Waals surface area (Å²) in [4.78, 5) is 0. The van der Waals surface area contributed by atoms with Crippen LogP contribution in [-0.4, -0.2) is 24.4 Å². The number of hydrogen-bond acceptors (Lipinski definition) is 2. The number of ether oxygens (including phenoxy) is 1. The van der Waals surface area contributed by atoms with Crippen LogP contribution in [0.25, 0.3) is 0 Å². The molecule has 0 aromatic rings. The van der Waals surface area contributed by atoms with E-state index in [4.69, 9.17) is 4.74 Å². The molecule has 0 radical (unpaired) electrons. The van der Waals surface area contributed by atoms with Gasteiger partial charge in [-0.2, -0.15) is 0 Å². The molecule has 1 aliphatic carbocycles. The first-order chi connectivity index (χ1) is 5.77. The van der Waals surface area contributed by atoms with Gasteiger partial charge in [0.05, 0.1) is 12.2 Å². The predicted molar refractivity (Wildman–Crippen MR) is 49.1 cm³/mol. The van der Waals surface area contributed by atoms with Crippen LogP contribution in [0.3, 0.4) is 0 Å². The Labute approximate surface area is 74.9 Å². The number of hydrogen-bond donors (Lipinski definition) is 1. The number of rotatable bonds is 3. The van der Waals surface area contributed by atoms with Crippen molar-refractivity contribution in [2.75, 3.05) is 7.11 Å². The first-order valence-electron chi connectivity index (χ1n) is 4.98. The topological polar surface area (TPSA) is 29.5 Å². The van der Waals surface area contributed by atoms with E-state index in [9.17, 15) is 5.11 Å². The fraction of sp³-hybridized carbons (Fsp3) is 1.00. The highest BCUT2D eigenvalue weighted by atomic mass is 16.5. The van der Waals surface area contributed by atoms with Gasteiger partial charge in [-0.25, -0.2) is 0 Å². The smallest absolute Gasteiger partial charge is 0.0596 e. The van der Waals surface area contributed by atoms with Crippen molar-refractivity contribution >= 4 is 0 Å². The van der Waals surface area contributed by atoms with E-state index in [1.807, 2.05) is 0 Å². The highest BCUT2D eigenvalue weighted by Crippen LogP contribution is 2.29. The molecule has 72 valence electrons. The molecule has 1 fully saturated rings. The van der Waals surface area contributed by atoms with E-state index in [0.717, 1.165) is 32.1 Å². The SMILES string of the molecule is CCC(OC)C1CCC(O)CC1.